The first-order chi connectivity index (χ1) is 7.97. The van der Waals surface area contributed by atoms with E-state index in [1.165, 1.54) is 0 Å². The van der Waals surface area contributed by atoms with Gasteiger partial charge in [0.2, 0.25) is 11.8 Å². The minimum Gasteiger partial charge on any atom is -0.344 e. The van der Waals surface area contributed by atoms with Crippen LogP contribution in [0.4, 0.5) is 4.39 Å². The van der Waals surface area contributed by atoms with E-state index in [-0.39, 0.29) is 23.8 Å². The molecule has 2 unspecified atom stereocenters. The summed E-state index contributed by atoms with van der Waals surface area (Å²) < 4.78 is 12.2. The average Bonchev–Trinajstić information content (AvgIpc) is 2.34. The third kappa shape index (κ3) is 3.41. The van der Waals surface area contributed by atoms with Gasteiger partial charge in [0.1, 0.15) is 6.04 Å². The number of carbonyl (C=O) groups excluding carboxylic acids is 2. The van der Waals surface area contributed by atoms with Gasteiger partial charge in [-0.3, -0.25) is 14.0 Å². The number of alkyl halides is 1. The Morgan fingerprint density at radius 1 is 1.47 bits per heavy atom. The summed E-state index contributed by atoms with van der Waals surface area (Å²) in [5.41, 5.74) is 0. The molecular weight excluding hydrogens is 223 g/mol. The van der Waals surface area contributed by atoms with E-state index in [2.05, 4.69) is 5.32 Å². The molecule has 0 radical (unpaired) electrons. The first kappa shape index (κ1) is 13.9. The molecule has 4 nitrogen and oxygen atoms in total. The highest BCUT2D eigenvalue weighted by Crippen LogP contribution is 2.16. The van der Waals surface area contributed by atoms with Crippen LogP contribution in [0.3, 0.4) is 0 Å². The van der Waals surface area contributed by atoms with Crippen molar-refractivity contribution < 1.29 is 14.0 Å². The lowest BCUT2D eigenvalue weighted by Gasteiger charge is -2.29. The fourth-order valence-corrected chi connectivity index (χ4v) is 2.08. The van der Waals surface area contributed by atoms with E-state index < -0.39 is 12.7 Å². The van der Waals surface area contributed by atoms with Crippen LogP contribution < -0.4 is 5.32 Å². The van der Waals surface area contributed by atoms with Crippen LogP contribution >= 0.6 is 0 Å². The van der Waals surface area contributed by atoms with Crippen molar-refractivity contribution >= 4 is 11.8 Å². The molecular formula is C12H21FN2O2. The molecule has 0 aromatic heterocycles. The van der Waals surface area contributed by atoms with Crippen LogP contribution in [0.2, 0.25) is 0 Å². The van der Waals surface area contributed by atoms with E-state index in [0.717, 1.165) is 0 Å². The summed E-state index contributed by atoms with van der Waals surface area (Å²) in [5, 5.41) is 2.74. The van der Waals surface area contributed by atoms with E-state index in [9.17, 15) is 14.0 Å². The highest BCUT2D eigenvalue weighted by molar-refractivity contribution is 5.90. The number of amides is 2. The quantitative estimate of drug-likeness (QED) is 0.805. The smallest absolute Gasteiger partial charge is 0.245 e. The standard InChI is InChI=1S/C12H21FN2O2/c1-8(2)11-12(17)15(6-4-5-13)9(3)7-10(16)14-11/h8-9,11H,4-7H2,1-3H3,(H,14,16). The Morgan fingerprint density at radius 3 is 2.65 bits per heavy atom. The third-order valence-corrected chi connectivity index (χ3v) is 3.08. The van der Waals surface area contributed by atoms with Gasteiger partial charge in [0, 0.05) is 19.0 Å². The maximum atomic E-state index is 12.2. The van der Waals surface area contributed by atoms with Gasteiger partial charge < -0.3 is 10.2 Å². The highest BCUT2D eigenvalue weighted by atomic mass is 19.1. The van der Waals surface area contributed by atoms with Crippen molar-refractivity contribution in [1.82, 2.24) is 10.2 Å². The van der Waals surface area contributed by atoms with E-state index in [1.54, 1.807) is 4.90 Å². The van der Waals surface area contributed by atoms with Gasteiger partial charge in [0.05, 0.1) is 6.67 Å². The van der Waals surface area contributed by atoms with E-state index in [1.807, 2.05) is 20.8 Å². The van der Waals surface area contributed by atoms with Crippen molar-refractivity contribution in [2.45, 2.75) is 45.7 Å². The van der Waals surface area contributed by atoms with Gasteiger partial charge >= 0.3 is 0 Å². The van der Waals surface area contributed by atoms with Crippen LogP contribution in [0.25, 0.3) is 0 Å². The molecule has 0 bridgehead atoms. The first-order valence-corrected chi connectivity index (χ1v) is 6.13. The summed E-state index contributed by atoms with van der Waals surface area (Å²) in [6, 6.07) is -0.634. The molecule has 1 saturated heterocycles. The van der Waals surface area contributed by atoms with Gasteiger partial charge in [-0.15, -0.1) is 0 Å². The molecule has 1 rings (SSSR count). The second-order valence-electron chi connectivity index (χ2n) is 4.92. The summed E-state index contributed by atoms with van der Waals surface area (Å²) in [5.74, 6) is -0.149. The fourth-order valence-electron chi connectivity index (χ4n) is 2.08. The number of rotatable bonds is 4. The van der Waals surface area contributed by atoms with Crippen molar-refractivity contribution in [3.8, 4) is 0 Å². The summed E-state index contributed by atoms with van der Waals surface area (Å²) in [6.45, 7) is 5.57. The molecule has 2 atom stereocenters. The summed E-state index contributed by atoms with van der Waals surface area (Å²) in [7, 11) is 0. The first-order valence-electron chi connectivity index (χ1n) is 6.13. The molecule has 1 heterocycles. The zero-order chi connectivity index (χ0) is 13.0. The Labute approximate surface area is 102 Å². The van der Waals surface area contributed by atoms with Crippen LogP contribution in [0, 0.1) is 5.92 Å². The Balaban J connectivity index is 2.84. The van der Waals surface area contributed by atoms with Crippen molar-refractivity contribution in [2.24, 2.45) is 5.92 Å². The number of nitrogens with one attached hydrogen (secondary N) is 1. The number of nitrogens with zero attached hydrogens (tertiary/aromatic N) is 1. The Bertz CT molecular complexity index is 294. The Hall–Kier alpha value is -1.13. The predicted molar refractivity (Wildman–Crippen MR) is 63.2 cm³/mol. The van der Waals surface area contributed by atoms with Gasteiger partial charge in [-0.05, 0) is 19.3 Å². The van der Waals surface area contributed by atoms with Gasteiger partial charge in [-0.1, -0.05) is 13.8 Å². The number of hydrogen-bond acceptors (Lipinski definition) is 2. The van der Waals surface area contributed by atoms with Crippen LogP contribution in [-0.2, 0) is 9.59 Å². The predicted octanol–water partition coefficient (Wildman–Crippen LogP) is 1.11. The van der Waals surface area contributed by atoms with Gasteiger partial charge in [-0.2, -0.15) is 0 Å². The minimum absolute atomic E-state index is 0.0460. The van der Waals surface area contributed by atoms with Crippen LogP contribution in [0.15, 0.2) is 0 Å². The molecule has 1 N–H and O–H groups in total. The van der Waals surface area contributed by atoms with Crippen LogP contribution in [0.1, 0.15) is 33.6 Å². The third-order valence-electron chi connectivity index (χ3n) is 3.08. The molecule has 98 valence electrons. The highest BCUT2D eigenvalue weighted by Gasteiger charge is 2.34. The van der Waals surface area contributed by atoms with E-state index in [4.69, 9.17) is 0 Å². The summed E-state index contributed by atoms with van der Waals surface area (Å²) >= 11 is 0. The summed E-state index contributed by atoms with van der Waals surface area (Å²) in [4.78, 5) is 25.5. The van der Waals surface area contributed by atoms with Crippen molar-refractivity contribution in [2.75, 3.05) is 13.2 Å². The Morgan fingerprint density at radius 2 is 2.12 bits per heavy atom. The van der Waals surface area contributed by atoms with Crippen molar-refractivity contribution in [3.05, 3.63) is 0 Å². The molecule has 0 aromatic carbocycles. The Kier molecular flexibility index (Phi) is 4.90. The molecule has 0 saturated carbocycles. The molecule has 0 spiro atoms. The lowest BCUT2D eigenvalue weighted by molar-refractivity contribution is -0.136. The summed E-state index contributed by atoms with van der Waals surface area (Å²) in [6.07, 6.45) is 0.621. The minimum atomic E-state index is -0.480. The zero-order valence-corrected chi connectivity index (χ0v) is 10.7. The number of carbonyl (C=O) groups is 2. The second kappa shape index (κ2) is 5.98. The molecule has 2 amide bonds. The lowest BCUT2D eigenvalue weighted by atomic mass is 10.0. The maximum Gasteiger partial charge on any atom is 0.245 e. The normalized spacial score (nSPS) is 26.1. The molecule has 17 heavy (non-hydrogen) atoms. The topological polar surface area (TPSA) is 49.4 Å². The molecule has 1 fully saturated rings. The monoisotopic (exact) mass is 244 g/mol. The zero-order valence-electron chi connectivity index (χ0n) is 10.7. The fraction of sp³-hybridized carbons (Fsp3) is 0.833. The van der Waals surface area contributed by atoms with E-state index >= 15 is 0 Å². The van der Waals surface area contributed by atoms with Crippen LogP contribution in [-0.4, -0.2) is 42.0 Å². The maximum absolute atomic E-state index is 12.2. The van der Waals surface area contributed by atoms with Crippen LogP contribution in [0.5, 0.6) is 0 Å². The molecule has 5 heteroatoms. The number of halogens is 1. The van der Waals surface area contributed by atoms with E-state index in [0.29, 0.717) is 19.4 Å². The second-order valence-corrected chi connectivity index (χ2v) is 4.92. The van der Waals surface area contributed by atoms with Gasteiger partial charge in [-0.25, -0.2) is 0 Å². The van der Waals surface area contributed by atoms with Crippen molar-refractivity contribution in [1.29, 1.82) is 0 Å². The van der Waals surface area contributed by atoms with Gasteiger partial charge in [0.15, 0.2) is 0 Å². The largest absolute Gasteiger partial charge is 0.344 e. The molecule has 1 aliphatic heterocycles. The molecule has 0 aromatic rings. The molecule has 0 aliphatic carbocycles. The lowest BCUT2D eigenvalue weighted by Crippen LogP contribution is -2.49. The average molecular weight is 244 g/mol. The van der Waals surface area contributed by atoms with Crippen molar-refractivity contribution in [3.63, 3.8) is 0 Å². The van der Waals surface area contributed by atoms with Gasteiger partial charge in [0.25, 0.3) is 0 Å². The number of hydrogen-bond donors (Lipinski definition) is 1. The molecule has 1 aliphatic rings. The SMILES string of the molecule is CC(C)C1NC(=O)CC(C)N(CCCF)C1=O.